The van der Waals surface area contributed by atoms with Gasteiger partial charge in [-0.15, -0.1) is 0 Å². The number of piperazine rings is 1. The largest absolute Gasteiger partial charge is 0.444 e. The minimum Gasteiger partial charge on any atom is -0.444 e. The third kappa shape index (κ3) is 6.89. The Balaban J connectivity index is 1.29. The van der Waals surface area contributed by atoms with Crippen LogP contribution in [0.1, 0.15) is 59.3 Å². The highest BCUT2D eigenvalue weighted by Crippen LogP contribution is 2.31. The molecule has 0 unspecified atom stereocenters. The first-order valence-electron chi connectivity index (χ1n) is 11.9. The number of ketones is 1. The Kier molecular flexibility index (Phi) is 8.09. The molecule has 2 fully saturated rings. The molecule has 0 spiro atoms. The van der Waals surface area contributed by atoms with Crippen LogP contribution in [0.25, 0.3) is 0 Å². The second-order valence-corrected chi connectivity index (χ2v) is 10.2. The molecule has 3 rings (SSSR count). The van der Waals surface area contributed by atoms with Crippen molar-refractivity contribution in [3.05, 3.63) is 12.2 Å². The van der Waals surface area contributed by atoms with E-state index >= 15 is 0 Å². The summed E-state index contributed by atoms with van der Waals surface area (Å²) < 4.78 is 5.43. The molecular weight excluding hydrogens is 410 g/mol. The lowest BCUT2D eigenvalue weighted by Gasteiger charge is -2.35. The maximum absolute atomic E-state index is 12.7. The number of imide groups is 1. The van der Waals surface area contributed by atoms with Gasteiger partial charge in [0.2, 0.25) is 0 Å². The number of carbonyl (C=O) groups is 4. The Morgan fingerprint density at radius 1 is 0.969 bits per heavy atom. The number of hydrogen-bond acceptors (Lipinski definition) is 6. The van der Waals surface area contributed by atoms with E-state index in [1.54, 1.807) is 4.90 Å². The zero-order valence-electron chi connectivity index (χ0n) is 19.7. The van der Waals surface area contributed by atoms with E-state index < -0.39 is 5.60 Å². The fourth-order valence-corrected chi connectivity index (χ4v) is 4.70. The lowest BCUT2D eigenvalue weighted by molar-refractivity contribution is -0.138. The summed E-state index contributed by atoms with van der Waals surface area (Å²) in [5.74, 6) is 0.303. The molecule has 0 aromatic heterocycles. The molecule has 1 saturated carbocycles. The van der Waals surface area contributed by atoms with Gasteiger partial charge in [0, 0.05) is 57.2 Å². The van der Waals surface area contributed by atoms with Crippen molar-refractivity contribution in [1.82, 2.24) is 14.7 Å². The Labute approximate surface area is 190 Å². The zero-order valence-corrected chi connectivity index (χ0v) is 19.7. The fraction of sp³-hybridized carbons (Fsp3) is 0.750. The van der Waals surface area contributed by atoms with Crippen LogP contribution in [0.5, 0.6) is 0 Å². The highest BCUT2D eigenvalue weighted by Gasteiger charge is 2.31. The molecule has 178 valence electrons. The molecule has 2 aliphatic heterocycles. The van der Waals surface area contributed by atoms with E-state index in [1.165, 1.54) is 17.1 Å². The normalized spacial score (nSPS) is 24.8. The van der Waals surface area contributed by atoms with Gasteiger partial charge in [-0.05, 0) is 65.3 Å². The van der Waals surface area contributed by atoms with Crippen LogP contribution in [0.2, 0.25) is 0 Å². The summed E-state index contributed by atoms with van der Waals surface area (Å²) in [7, 11) is 0. The van der Waals surface area contributed by atoms with Gasteiger partial charge in [-0.1, -0.05) is 0 Å². The van der Waals surface area contributed by atoms with Gasteiger partial charge in [-0.2, -0.15) is 0 Å². The van der Waals surface area contributed by atoms with Crippen molar-refractivity contribution in [2.75, 3.05) is 39.3 Å². The average Bonchev–Trinajstić information content (AvgIpc) is 3.05. The number of ether oxygens (including phenoxy) is 1. The fourth-order valence-electron chi connectivity index (χ4n) is 4.70. The minimum atomic E-state index is -0.478. The van der Waals surface area contributed by atoms with E-state index in [2.05, 4.69) is 4.90 Å². The number of amides is 3. The molecule has 1 saturated heterocycles. The maximum Gasteiger partial charge on any atom is 0.410 e. The Morgan fingerprint density at radius 2 is 1.56 bits per heavy atom. The smallest absolute Gasteiger partial charge is 0.410 e. The van der Waals surface area contributed by atoms with E-state index in [9.17, 15) is 19.2 Å². The minimum absolute atomic E-state index is 0.110. The van der Waals surface area contributed by atoms with Crippen molar-refractivity contribution in [2.45, 2.75) is 64.9 Å². The molecule has 8 heteroatoms. The Bertz CT molecular complexity index is 723. The van der Waals surface area contributed by atoms with Crippen LogP contribution in [0.15, 0.2) is 12.2 Å². The number of hydrogen-bond donors (Lipinski definition) is 0. The number of Topliss-reactive ketones (excluding diaryl/α,β-unsaturated/α-hetero) is 1. The first-order chi connectivity index (χ1) is 15.1. The summed E-state index contributed by atoms with van der Waals surface area (Å²) in [6, 6.07) is 0. The van der Waals surface area contributed by atoms with Crippen molar-refractivity contribution in [3.63, 3.8) is 0 Å². The molecule has 0 atom stereocenters. The molecule has 0 aromatic carbocycles. The van der Waals surface area contributed by atoms with Crippen molar-refractivity contribution in [2.24, 2.45) is 11.8 Å². The molecule has 1 aliphatic carbocycles. The van der Waals surface area contributed by atoms with Gasteiger partial charge in [0.15, 0.2) is 0 Å². The van der Waals surface area contributed by atoms with Gasteiger partial charge in [0.25, 0.3) is 11.8 Å². The standard InChI is InChI=1S/C24H37N3O5/c1-24(2,3)32-23(31)26-15-13-25(14-16-26)12-4-5-20(28)19-8-6-18(7-9-19)17-27-21(29)10-11-22(27)30/h10-11,18-19H,4-9,12-17H2,1-3H3. The first-order valence-corrected chi connectivity index (χ1v) is 11.9. The highest BCUT2D eigenvalue weighted by molar-refractivity contribution is 6.12. The quantitative estimate of drug-likeness (QED) is 0.558. The predicted octanol–water partition coefficient (Wildman–Crippen LogP) is 2.62. The monoisotopic (exact) mass is 447 g/mol. The molecule has 3 amide bonds. The second-order valence-electron chi connectivity index (χ2n) is 10.2. The summed E-state index contributed by atoms with van der Waals surface area (Å²) in [5, 5.41) is 0. The zero-order chi connectivity index (χ0) is 23.3. The SMILES string of the molecule is CC(C)(C)OC(=O)N1CCN(CCCC(=O)C2CCC(CN3C(=O)C=CC3=O)CC2)CC1. The molecule has 32 heavy (non-hydrogen) atoms. The summed E-state index contributed by atoms with van der Waals surface area (Å²) >= 11 is 0. The number of rotatable bonds is 7. The van der Waals surface area contributed by atoms with Crippen molar-refractivity contribution >= 4 is 23.7 Å². The molecule has 3 aliphatic rings. The van der Waals surface area contributed by atoms with Crippen LogP contribution in [0.3, 0.4) is 0 Å². The van der Waals surface area contributed by atoms with Gasteiger partial charge < -0.3 is 9.64 Å². The molecular formula is C24H37N3O5. The molecule has 0 aromatic rings. The van der Waals surface area contributed by atoms with Gasteiger partial charge >= 0.3 is 6.09 Å². The van der Waals surface area contributed by atoms with E-state index in [0.717, 1.165) is 51.7 Å². The highest BCUT2D eigenvalue weighted by atomic mass is 16.6. The van der Waals surface area contributed by atoms with E-state index in [4.69, 9.17) is 4.74 Å². The third-order valence-electron chi connectivity index (χ3n) is 6.56. The van der Waals surface area contributed by atoms with Crippen molar-refractivity contribution in [3.8, 4) is 0 Å². The van der Waals surface area contributed by atoms with Gasteiger partial charge in [-0.25, -0.2) is 4.79 Å². The van der Waals surface area contributed by atoms with Gasteiger partial charge in [0.1, 0.15) is 11.4 Å². The van der Waals surface area contributed by atoms with Gasteiger partial charge in [0.05, 0.1) is 0 Å². The topological polar surface area (TPSA) is 87.2 Å². The number of nitrogens with zero attached hydrogens (tertiary/aromatic N) is 3. The van der Waals surface area contributed by atoms with Crippen LogP contribution in [-0.4, -0.2) is 83.3 Å². The van der Waals surface area contributed by atoms with Crippen molar-refractivity contribution < 1.29 is 23.9 Å². The Morgan fingerprint density at radius 3 is 2.12 bits per heavy atom. The van der Waals surface area contributed by atoms with Gasteiger partial charge in [-0.3, -0.25) is 24.2 Å². The van der Waals surface area contributed by atoms with Crippen LogP contribution in [-0.2, 0) is 19.1 Å². The van der Waals surface area contributed by atoms with Crippen LogP contribution < -0.4 is 0 Å². The Hall–Kier alpha value is -2.22. The molecule has 8 nitrogen and oxygen atoms in total. The first kappa shape index (κ1) is 24.4. The summed E-state index contributed by atoms with van der Waals surface area (Å²) in [5.41, 5.74) is -0.478. The summed E-state index contributed by atoms with van der Waals surface area (Å²) in [6.07, 6.45) is 7.31. The van der Waals surface area contributed by atoms with E-state index in [0.29, 0.717) is 37.8 Å². The van der Waals surface area contributed by atoms with Crippen molar-refractivity contribution in [1.29, 1.82) is 0 Å². The summed E-state index contributed by atoms with van der Waals surface area (Å²) in [6.45, 7) is 9.89. The molecule has 2 heterocycles. The van der Waals surface area contributed by atoms with E-state index in [1.807, 2.05) is 20.8 Å². The van der Waals surface area contributed by atoms with E-state index in [-0.39, 0.29) is 23.8 Å². The lowest BCUT2D eigenvalue weighted by Crippen LogP contribution is -2.50. The third-order valence-corrected chi connectivity index (χ3v) is 6.56. The predicted molar refractivity (Wildman–Crippen MR) is 120 cm³/mol. The van der Waals surface area contributed by atoms with Crippen LogP contribution in [0.4, 0.5) is 4.79 Å². The lowest BCUT2D eigenvalue weighted by atomic mass is 9.79. The summed E-state index contributed by atoms with van der Waals surface area (Å²) in [4.78, 5) is 53.6. The second kappa shape index (κ2) is 10.6. The number of carbonyl (C=O) groups excluding carboxylic acids is 4. The molecule has 0 N–H and O–H groups in total. The maximum atomic E-state index is 12.7. The molecule has 0 bridgehead atoms. The average molecular weight is 448 g/mol. The van der Waals surface area contributed by atoms with Crippen LogP contribution in [0, 0.1) is 11.8 Å². The van der Waals surface area contributed by atoms with Crippen LogP contribution >= 0.6 is 0 Å². The molecule has 0 radical (unpaired) electrons.